The zero-order valence-corrected chi connectivity index (χ0v) is 17.6. The van der Waals surface area contributed by atoms with Gasteiger partial charge in [-0.25, -0.2) is 4.98 Å². The third-order valence-corrected chi connectivity index (χ3v) is 5.83. The van der Waals surface area contributed by atoms with E-state index in [0.29, 0.717) is 19.1 Å². The van der Waals surface area contributed by atoms with Crippen LogP contribution in [-0.2, 0) is 11.3 Å². The van der Waals surface area contributed by atoms with Gasteiger partial charge >= 0.3 is 0 Å². The molecule has 1 amide bonds. The first-order valence-electron chi connectivity index (χ1n) is 10.4. The van der Waals surface area contributed by atoms with Crippen LogP contribution in [-0.4, -0.2) is 52.4 Å². The summed E-state index contributed by atoms with van der Waals surface area (Å²) in [6.07, 6.45) is 3.65. The molecule has 3 aromatic rings. The molecular weight excluding hydrogens is 374 g/mol. The van der Waals surface area contributed by atoms with Gasteiger partial charge in [-0.1, -0.05) is 30.3 Å². The second-order valence-electron chi connectivity index (χ2n) is 8.20. The number of nitrogens with zero attached hydrogens (tertiary/aromatic N) is 5. The number of imidazole rings is 1. The highest BCUT2D eigenvalue weighted by Gasteiger charge is 2.24. The standard InChI is InChI=1S/C24H27N5O/c1-27(2)16-19-5-3-4-6-21(19)18-7-8-22-23(15-18)29(17-26-22)20-10-13-28(14-11-20)24(30)9-12-25/h3-8,15,17,20H,9-11,13-14,16H2,1-2H3. The Morgan fingerprint density at radius 2 is 1.97 bits per heavy atom. The molecule has 2 heterocycles. The van der Waals surface area contributed by atoms with E-state index >= 15 is 0 Å². The summed E-state index contributed by atoms with van der Waals surface area (Å²) in [5.41, 5.74) is 5.87. The average molecular weight is 402 g/mol. The number of likely N-dealkylation sites (tertiary alicyclic amines) is 1. The van der Waals surface area contributed by atoms with Crippen molar-refractivity contribution in [2.24, 2.45) is 0 Å². The van der Waals surface area contributed by atoms with Gasteiger partial charge in [0, 0.05) is 25.7 Å². The number of hydrogen-bond acceptors (Lipinski definition) is 4. The number of hydrogen-bond donors (Lipinski definition) is 0. The zero-order chi connectivity index (χ0) is 21.1. The second-order valence-corrected chi connectivity index (χ2v) is 8.20. The maximum Gasteiger partial charge on any atom is 0.236 e. The molecule has 2 aromatic carbocycles. The summed E-state index contributed by atoms with van der Waals surface area (Å²) in [7, 11) is 4.17. The van der Waals surface area contributed by atoms with E-state index in [1.807, 2.05) is 17.3 Å². The second kappa shape index (κ2) is 8.68. The van der Waals surface area contributed by atoms with E-state index in [1.165, 1.54) is 16.7 Å². The third-order valence-electron chi connectivity index (χ3n) is 5.83. The topological polar surface area (TPSA) is 65.2 Å². The van der Waals surface area contributed by atoms with Gasteiger partial charge in [-0.2, -0.15) is 5.26 Å². The summed E-state index contributed by atoms with van der Waals surface area (Å²) in [5.74, 6) is -0.0637. The van der Waals surface area contributed by atoms with E-state index in [-0.39, 0.29) is 12.3 Å². The quantitative estimate of drug-likeness (QED) is 0.652. The minimum Gasteiger partial charge on any atom is -0.342 e. The van der Waals surface area contributed by atoms with Crippen LogP contribution in [0.3, 0.4) is 0 Å². The molecular formula is C24H27N5O. The van der Waals surface area contributed by atoms with Crippen LogP contribution in [0.1, 0.15) is 30.9 Å². The zero-order valence-electron chi connectivity index (χ0n) is 17.6. The minimum atomic E-state index is -0.0637. The molecule has 0 aliphatic carbocycles. The van der Waals surface area contributed by atoms with E-state index < -0.39 is 0 Å². The maximum atomic E-state index is 12.0. The fourth-order valence-corrected chi connectivity index (χ4v) is 4.34. The number of amides is 1. The predicted molar refractivity (Wildman–Crippen MR) is 118 cm³/mol. The SMILES string of the molecule is CN(C)Cc1ccccc1-c1ccc2ncn(C3CCN(C(=O)CC#N)CC3)c2c1. The molecule has 1 saturated heterocycles. The molecule has 1 aliphatic heterocycles. The van der Waals surface area contributed by atoms with Crippen molar-refractivity contribution in [3.8, 4) is 17.2 Å². The number of benzene rings is 2. The van der Waals surface area contributed by atoms with E-state index in [0.717, 1.165) is 30.4 Å². The Hall–Kier alpha value is -3.17. The lowest BCUT2D eigenvalue weighted by atomic mass is 9.98. The molecule has 0 saturated carbocycles. The van der Waals surface area contributed by atoms with Gasteiger partial charge in [0.05, 0.1) is 23.4 Å². The van der Waals surface area contributed by atoms with Crippen LogP contribution in [0, 0.1) is 11.3 Å². The highest BCUT2D eigenvalue weighted by Crippen LogP contribution is 2.31. The highest BCUT2D eigenvalue weighted by atomic mass is 16.2. The van der Waals surface area contributed by atoms with Gasteiger partial charge in [-0.05, 0) is 55.8 Å². The number of rotatable bonds is 5. The summed E-state index contributed by atoms with van der Waals surface area (Å²) in [6, 6.07) is 17.3. The van der Waals surface area contributed by atoms with Crippen molar-refractivity contribution in [2.45, 2.75) is 31.8 Å². The monoisotopic (exact) mass is 401 g/mol. The van der Waals surface area contributed by atoms with Gasteiger partial charge in [0.15, 0.2) is 0 Å². The first kappa shape index (κ1) is 20.1. The van der Waals surface area contributed by atoms with E-state index in [1.54, 1.807) is 0 Å². The van der Waals surface area contributed by atoms with Crippen molar-refractivity contribution in [1.29, 1.82) is 5.26 Å². The number of aromatic nitrogens is 2. The van der Waals surface area contributed by atoms with Gasteiger partial charge in [0.1, 0.15) is 6.42 Å². The molecule has 154 valence electrons. The Morgan fingerprint density at radius 3 is 2.70 bits per heavy atom. The Morgan fingerprint density at radius 1 is 1.20 bits per heavy atom. The molecule has 6 nitrogen and oxygen atoms in total. The van der Waals surface area contributed by atoms with Gasteiger partial charge in [0.25, 0.3) is 0 Å². The molecule has 1 aromatic heterocycles. The van der Waals surface area contributed by atoms with Crippen molar-refractivity contribution in [1.82, 2.24) is 19.4 Å². The molecule has 1 fully saturated rings. The Bertz CT molecular complexity index is 1090. The largest absolute Gasteiger partial charge is 0.342 e. The molecule has 0 radical (unpaired) electrons. The fourth-order valence-electron chi connectivity index (χ4n) is 4.34. The maximum absolute atomic E-state index is 12.0. The highest BCUT2D eigenvalue weighted by molar-refractivity contribution is 5.83. The fraction of sp³-hybridized carbons (Fsp3) is 0.375. The summed E-state index contributed by atoms with van der Waals surface area (Å²) in [5, 5.41) is 8.76. The lowest BCUT2D eigenvalue weighted by Crippen LogP contribution is -2.38. The lowest BCUT2D eigenvalue weighted by molar-refractivity contribution is -0.131. The van der Waals surface area contributed by atoms with Gasteiger partial charge in [0.2, 0.25) is 5.91 Å². The predicted octanol–water partition coefficient (Wildman–Crippen LogP) is 3.84. The van der Waals surface area contributed by atoms with E-state index in [4.69, 9.17) is 5.26 Å². The van der Waals surface area contributed by atoms with Gasteiger partial charge in [-0.3, -0.25) is 4.79 Å². The molecule has 6 heteroatoms. The van der Waals surface area contributed by atoms with Crippen LogP contribution in [0.4, 0.5) is 0 Å². The van der Waals surface area contributed by atoms with E-state index in [9.17, 15) is 4.79 Å². The van der Waals surface area contributed by atoms with E-state index in [2.05, 4.69) is 71.0 Å². The number of fused-ring (bicyclic) bond motifs is 1. The summed E-state index contributed by atoms with van der Waals surface area (Å²) >= 11 is 0. The van der Waals surface area contributed by atoms with Crippen LogP contribution >= 0.6 is 0 Å². The number of piperidine rings is 1. The summed E-state index contributed by atoms with van der Waals surface area (Å²) in [4.78, 5) is 20.6. The number of nitriles is 1. The van der Waals surface area contributed by atoms with Gasteiger partial charge < -0.3 is 14.4 Å². The summed E-state index contributed by atoms with van der Waals surface area (Å²) < 4.78 is 2.26. The molecule has 0 unspecified atom stereocenters. The normalized spacial score (nSPS) is 14.9. The smallest absolute Gasteiger partial charge is 0.236 e. The molecule has 1 aliphatic rings. The van der Waals surface area contributed by atoms with Crippen LogP contribution in [0.2, 0.25) is 0 Å². The molecule has 0 atom stereocenters. The minimum absolute atomic E-state index is 0.0333. The van der Waals surface area contributed by atoms with Crippen molar-refractivity contribution in [2.75, 3.05) is 27.2 Å². The van der Waals surface area contributed by atoms with Crippen molar-refractivity contribution >= 4 is 16.9 Å². The van der Waals surface area contributed by atoms with Crippen LogP contribution < -0.4 is 0 Å². The molecule has 0 spiro atoms. The van der Waals surface area contributed by atoms with Crippen molar-refractivity contribution in [3.05, 3.63) is 54.4 Å². The Labute approximate surface area is 177 Å². The molecule has 4 rings (SSSR count). The molecule has 30 heavy (non-hydrogen) atoms. The van der Waals surface area contributed by atoms with Crippen LogP contribution in [0.25, 0.3) is 22.2 Å². The average Bonchev–Trinajstić information content (AvgIpc) is 3.17. The molecule has 0 bridgehead atoms. The van der Waals surface area contributed by atoms with Crippen molar-refractivity contribution in [3.63, 3.8) is 0 Å². The van der Waals surface area contributed by atoms with Crippen LogP contribution in [0.15, 0.2) is 48.8 Å². The van der Waals surface area contributed by atoms with Gasteiger partial charge in [-0.15, -0.1) is 0 Å². The van der Waals surface area contributed by atoms with Crippen LogP contribution in [0.5, 0.6) is 0 Å². The molecule has 0 N–H and O–H groups in total. The number of carbonyl (C=O) groups excluding carboxylic acids is 1. The Kier molecular flexibility index (Phi) is 5.82. The first-order valence-corrected chi connectivity index (χ1v) is 10.4. The first-order chi connectivity index (χ1) is 14.6. The number of carbonyl (C=O) groups is 1. The lowest BCUT2D eigenvalue weighted by Gasteiger charge is -2.32. The van der Waals surface area contributed by atoms with Crippen molar-refractivity contribution < 1.29 is 4.79 Å². The third kappa shape index (κ3) is 4.07. The summed E-state index contributed by atoms with van der Waals surface area (Å²) in [6.45, 7) is 2.27. The Balaban J connectivity index is 1.61.